The highest BCUT2D eigenvalue weighted by atomic mass is 32.1. The molecule has 2 rings (SSSR count). The van der Waals surface area contributed by atoms with Gasteiger partial charge in [-0.05, 0) is 45.4 Å². The fourth-order valence-electron chi connectivity index (χ4n) is 1.64. The number of pyridine rings is 1. The average Bonchev–Trinajstić information content (AvgIpc) is 2.63. The van der Waals surface area contributed by atoms with Crippen molar-refractivity contribution in [2.24, 2.45) is 0 Å². The van der Waals surface area contributed by atoms with E-state index in [9.17, 15) is 5.11 Å². The Kier molecular flexibility index (Phi) is 3.02. The highest BCUT2D eigenvalue weighted by molar-refractivity contribution is 7.15. The molecular weight excluding hydrogens is 232 g/mol. The van der Waals surface area contributed by atoms with E-state index in [0.717, 1.165) is 16.3 Å². The molecule has 0 aromatic carbocycles. The molecule has 0 atom stereocenters. The van der Waals surface area contributed by atoms with Crippen molar-refractivity contribution in [3.05, 3.63) is 34.6 Å². The van der Waals surface area contributed by atoms with E-state index in [0.29, 0.717) is 5.01 Å². The van der Waals surface area contributed by atoms with Crippen molar-refractivity contribution in [1.82, 2.24) is 9.97 Å². The summed E-state index contributed by atoms with van der Waals surface area (Å²) < 4.78 is 0. The molecule has 0 saturated heterocycles. The molecule has 1 N–H and O–H groups in total. The second-order valence-corrected chi connectivity index (χ2v) is 5.79. The van der Waals surface area contributed by atoms with E-state index in [-0.39, 0.29) is 0 Å². The fraction of sp³-hybridized carbons (Fsp3) is 0.385. The number of nitrogens with zero attached hydrogens (tertiary/aromatic N) is 2. The molecule has 0 amide bonds. The Morgan fingerprint density at radius 1 is 1.24 bits per heavy atom. The van der Waals surface area contributed by atoms with Crippen LogP contribution in [0.5, 0.6) is 0 Å². The summed E-state index contributed by atoms with van der Waals surface area (Å²) in [5.74, 6) is 0. The molecule has 0 radical (unpaired) electrons. The quantitative estimate of drug-likeness (QED) is 0.888. The summed E-state index contributed by atoms with van der Waals surface area (Å²) >= 11 is 1.49. The third-order valence-corrected chi connectivity index (χ3v) is 3.71. The van der Waals surface area contributed by atoms with Crippen molar-refractivity contribution in [1.29, 1.82) is 0 Å². The number of aromatic nitrogens is 2. The highest BCUT2D eigenvalue weighted by Crippen LogP contribution is 2.31. The lowest BCUT2D eigenvalue weighted by Crippen LogP contribution is -2.14. The van der Waals surface area contributed by atoms with Crippen LogP contribution < -0.4 is 0 Å². The van der Waals surface area contributed by atoms with Crippen molar-refractivity contribution < 1.29 is 5.11 Å². The van der Waals surface area contributed by atoms with E-state index < -0.39 is 5.60 Å². The number of hydrogen-bond acceptors (Lipinski definition) is 4. The van der Waals surface area contributed by atoms with Crippen molar-refractivity contribution in [2.75, 3.05) is 0 Å². The molecule has 90 valence electrons. The van der Waals surface area contributed by atoms with Crippen molar-refractivity contribution in [2.45, 2.75) is 33.3 Å². The van der Waals surface area contributed by atoms with Gasteiger partial charge in [-0.2, -0.15) is 0 Å². The highest BCUT2D eigenvalue weighted by Gasteiger charge is 2.20. The lowest BCUT2D eigenvalue weighted by molar-refractivity contribution is 0.0783. The monoisotopic (exact) mass is 248 g/mol. The smallest absolute Gasteiger partial charge is 0.124 e. The predicted octanol–water partition coefficient (Wildman–Crippen LogP) is 3.05. The van der Waals surface area contributed by atoms with Gasteiger partial charge >= 0.3 is 0 Å². The molecule has 0 unspecified atom stereocenters. The molecule has 0 spiro atoms. The van der Waals surface area contributed by atoms with Gasteiger partial charge in [0.25, 0.3) is 0 Å². The number of thiazole rings is 1. The van der Waals surface area contributed by atoms with Gasteiger partial charge in [-0.25, -0.2) is 4.98 Å². The summed E-state index contributed by atoms with van der Waals surface area (Å²) in [6.45, 7) is 7.51. The largest absolute Gasteiger partial charge is 0.383 e. The zero-order chi connectivity index (χ0) is 12.6. The van der Waals surface area contributed by atoms with Crippen LogP contribution in [0.4, 0.5) is 0 Å². The predicted molar refractivity (Wildman–Crippen MR) is 70.1 cm³/mol. The second kappa shape index (κ2) is 4.20. The Hall–Kier alpha value is -1.26. The lowest BCUT2D eigenvalue weighted by Gasteiger charge is -2.12. The maximum atomic E-state index is 9.89. The van der Waals surface area contributed by atoms with Crippen LogP contribution in [0.3, 0.4) is 0 Å². The average molecular weight is 248 g/mol. The first kappa shape index (κ1) is 12.2. The summed E-state index contributed by atoms with van der Waals surface area (Å²) in [6, 6.07) is 4.08. The molecule has 0 bridgehead atoms. The van der Waals surface area contributed by atoms with Crippen molar-refractivity contribution in [3.63, 3.8) is 0 Å². The van der Waals surface area contributed by atoms with Crippen LogP contribution in [0.25, 0.3) is 10.6 Å². The number of aryl methyl sites for hydroxylation is 2. The zero-order valence-corrected chi connectivity index (χ0v) is 11.3. The Balaban J connectivity index is 2.44. The maximum absolute atomic E-state index is 9.89. The molecule has 2 aromatic rings. The first-order valence-corrected chi connectivity index (χ1v) is 6.32. The summed E-state index contributed by atoms with van der Waals surface area (Å²) in [5, 5.41) is 10.6. The van der Waals surface area contributed by atoms with Crippen LogP contribution >= 0.6 is 11.3 Å². The van der Waals surface area contributed by atoms with Gasteiger partial charge in [-0.3, -0.25) is 4.98 Å². The molecule has 0 aliphatic rings. The van der Waals surface area contributed by atoms with Gasteiger partial charge in [0.2, 0.25) is 0 Å². The van der Waals surface area contributed by atoms with Gasteiger partial charge in [-0.1, -0.05) is 0 Å². The van der Waals surface area contributed by atoms with Crippen LogP contribution in [0.1, 0.15) is 30.1 Å². The summed E-state index contributed by atoms with van der Waals surface area (Å²) in [7, 11) is 0. The Bertz CT molecular complexity index is 520. The van der Waals surface area contributed by atoms with Gasteiger partial charge in [0.15, 0.2) is 0 Å². The van der Waals surface area contributed by atoms with Gasteiger partial charge in [0.1, 0.15) is 10.6 Å². The maximum Gasteiger partial charge on any atom is 0.124 e. The Morgan fingerprint density at radius 3 is 2.47 bits per heavy atom. The molecular formula is C13H16N2OS. The summed E-state index contributed by atoms with van der Waals surface area (Å²) in [4.78, 5) is 9.73. The minimum Gasteiger partial charge on any atom is -0.383 e. The Morgan fingerprint density at radius 2 is 1.94 bits per heavy atom. The third-order valence-electron chi connectivity index (χ3n) is 2.38. The molecule has 4 heteroatoms. The topological polar surface area (TPSA) is 46.0 Å². The summed E-state index contributed by atoms with van der Waals surface area (Å²) in [5.41, 5.74) is 2.22. The number of aliphatic hydroxyl groups is 1. The van der Waals surface area contributed by atoms with E-state index in [1.807, 2.05) is 19.1 Å². The Labute approximate surface area is 105 Å². The van der Waals surface area contributed by atoms with Crippen LogP contribution in [0.15, 0.2) is 18.3 Å². The molecule has 0 aliphatic carbocycles. The molecule has 3 nitrogen and oxygen atoms in total. The van der Waals surface area contributed by atoms with E-state index in [4.69, 9.17) is 0 Å². The molecule has 2 heterocycles. The standard InChI is InChI=1S/C13H16N2OS/c1-8-5-9(2)15-10(6-8)11-7-14-12(17-11)13(3,4)16/h5-7,16H,1-4H3. The van der Waals surface area contributed by atoms with E-state index in [2.05, 4.69) is 16.9 Å². The molecule has 0 aliphatic heterocycles. The van der Waals surface area contributed by atoms with Crippen LogP contribution in [0, 0.1) is 13.8 Å². The number of rotatable bonds is 2. The van der Waals surface area contributed by atoms with Gasteiger partial charge in [0, 0.05) is 11.9 Å². The molecule has 2 aromatic heterocycles. The first-order valence-electron chi connectivity index (χ1n) is 5.50. The van der Waals surface area contributed by atoms with Gasteiger partial charge < -0.3 is 5.11 Å². The second-order valence-electron chi connectivity index (χ2n) is 4.76. The van der Waals surface area contributed by atoms with Crippen molar-refractivity contribution >= 4 is 11.3 Å². The minimum atomic E-state index is -0.887. The van der Waals surface area contributed by atoms with E-state index in [1.54, 1.807) is 20.0 Å². The molecule has 0 fully saturated rings. The third kappa shape index (κ3) is 2.70. The zero-order valence-electron chi connectivity index (χ0n) is 10.5. The number of hydrogen-bond donors (Lipinski definition) is 1. The lowest BCUT2D eigenvalue weighted by atomic mass is 10.2. The van der Waals surface area contributed by atoms with Crippen molar-refractivity contribution in [3.8, 4) is 10.6 Å². The van der Waals surface area contributed by atoms with Gasteiger partial charge in [-0.15, -0.1) is 11.3 Å². The molecule has 17 heavy (non-hydrogen) atoms. The van der Waals surface area contributed by atoms with Crippen LogP contribution in [-0.2, 0) is 5.60 Å². The fourth-order valence-corrected chi connectivity index (χ4v) is 2.52. The van der Waals surface area contributed by atoms with Crippen LogP contribution in [0.2, 0.25) is 0 Å². The SMILES string of the molecule is Cc1cc(C)nc(-c2cnc(C(C)(C)O)s2)c1. The van der Waals surface area contributed by atoms with E-state index >= 15 is 0 Å². The molecule has 0 saturated carbocycles. The van der Waals surface area contributed by atoms with E-state index in [1.165, 1.54) is 16.9 Å². The first-order chi connectivity index (χ1) is 7.86. The van der Waals surface area contributed by atoms with Gasteiger partial charge in [0.05, 0.1) is 10.6 Å². The summed E-state index contributed by atoms with van der Waals surface area (Å²) in [6.07, 6.45) is 1.78. The minimum absolute atomic E-state index is 0.716. The van der Waals surface area contributed by atoms with Crippen LogP contribution in [-0.4, -0.2) is 15.1 Å². The normalized spacial score (nSPS) is 11.8.